The monoisotopic (exact) mass is 625 g/mol. The molecule has 0 saturated heterocycles. The lowest BCUT2D eigenvalue weighted by molar-refractivity contribution is -0.284. The van der Waals surface area contributed by atoms with Gasteiger partial charge >= 0.3 is 12.1 Å². The van der Waals surface area contributed by atoms with E-state index in [2.05, 4.69) is 19.1 Å². The Morgan fingerprint density at radius 1 is 0.814 bits per heavy atom. The molecular formula is C32H36F5NO4S. The highest BCUT2D eigenvalue weighted by molar-refractivity contribution is 7.91. The number of aromatic hydroxyl groups is 1. The molecule has 0 aromatic heterocycles. The van der Waals surface area contributed by atoms with Crippen LogP contribution in [0.3, 0.4) is 0 Å². The highest BCUT2D eigenvalue weighted by Gasteiger charge is 2.56. The van der Waals surface area contributed by atoms with Crippen molar-refractivity contribution in [1.82, 2.24) is 4.90 Å². The standard InChI is InChI=1S/C32H36F5NO4S/c1-3-29(24-8-5-4-6-9-24)30(25-10-14-27(39)15-11-25)26-12-16-28(17-13-26)42-21-19-38(2)20-23-43(40,41)22-7-18-31(33,34)32(35,36)37/h4-6,8-17,39H,3,7,18-23H2,1-2H3/b30-29+. The fraction of sp³-hybridized carbons (Fsp3) is 0.375. The summed E-state index contributed by atoms with van der Waals surface area (Å²) in [7, 11) is -2.12. The van der Waals surface area contributed by atoms with Crippen LogP contribution >= 0.6 is 0 Å². The van der Waals surface area contributed by atoms with Crippen molar-refractivity contribution < 1.29 is 40.2 Å². The van der Waals surface area contributed by atoms with Gasteiger partial charge in [0.05, 0.1) is 11.5 Å². The van der Waals surface area contributed by atoms with E-state index in [0.29, 0.717) is 12.3 Å². The molecule has 5 nitrogen and oxygen atoms in total. The molecule has 0 radical (unpaired) electrons. The predicted molar refractivity (Wildman–Crippen MR) is 159 cm³/mol. The Labute approximate surface area is 249 Å². The van der Waals surface area contributed by atoms with Gasteiger partial charge in [0, 0.05) is 19.5 Å². The Morgan fingerprint density at radius 2 is 1.40 bits per heavy atom. The molecule has 3 aromatic rings. The molecule has 234 valence electrons. The van der Waals surface area contributed by atoms with Gasteiger partial charge in [0.15, 0.2) is 9.84 Å². The van der Waals surface area contributed by atoms with Crippen LogP contribution in [0.5, 0.6) is 11.5 Å². The maximum absolute atomic E-state index is 13.0. The van der Waals surface area contributed by atoms with Crippen LogP contribution in [0, 0.1) is 0 Å². The van der Waals surface area contributed by atoms with E-state index >= 15 is 0 Å². The van der Waals surface area contributed by atoms with Crippen LogP contribution in [0.1, 0.15) is 42.9 Å². The summed E-state index contributed by atoms with van der Waals surface area (Å²) in [4.78, 5) is 1.69. The molecule has 0 spiro atoms. The lowest BCUT2D eigenvalue weighted by Crippen LogP contribution is -2.36. The number of rotatable bonds is 15. The first-order valence-electron chi connectivity index (χ1n) is 13.9. The van der Waals surface area contributed by atoms with E-state index in [4.69, 9.17) is 4.74 Å². The van der Waals surface area contributed by atoms with E-state index in [-0.39, 0.29) is 24.7 Å². The zero-order chi connectivity index (χ0) is 31.7. The summed E-state index contributed by atoms with van der Waals surface area (Å²) in [5, 5.41) is 9.81. The van der Waals surface area contributed by atoms with E-state index in [1.807, 2.05) is 54.6 Å². The second kappa shape index (κ2) is 14.8. The number of likely N-dealkylation sites (N-methyl/N-ethyl adjacent to an activating group) is 1. The van der Waals surface area contributed by atoms with Gasteiger partial charge in [-0.2, -0.15) is 22.0 Å². The topological polar surface area (TPSA) is 66.8 Å². The molecule has 43 heavy (non-hydrogen) atoms. The largest absolute Gasteiger partial charge is 0.508 e. The minimum absolute atomic E-state index is 0.0837. The number of hydrogen-bond acceptors (Lipinski definition) is 5. The van der Waals surface area contributed by atoms with Crippen LogP contribution in [0.4, 0.5) is 22.0 Å². The van der Waals surface area contributed by atoms with Crippen molar-refractivity contribution in [2.75, 3.05) is 38.2 Å². The van der Waals surface area contributed by atoms with E-state index < -0.39 is 40.5 Å². The van der Waals surface area contributed by atoms with Crippen molar-refractivity contribution in [3.05, 3.63) is 95.6 Å². The molecule has 0 bridgehead atoms. The van der Waals surface area contributed by atoms with Gasteiger partial charge in [0.25, 0.3) is 0 Å². The van der Waals surface area contributed by atoms with Gasteiger partial charge in [-0.1, -0.05) is 61.5 Å². The lowest BCUT2D eigenvalue weighted by atomic mass is 9.88. The zero-order valence-corrected chi connectivity index (χ0v) is 24.9. The molecule has 0 saturated carbocycles. The first-order valence-corrected chi connectivity index (χ1v) is 15.7. The molecule has 0 heterocycles. The van der Waals surface area contributed by atoms with E-state index in [1.165, 1.54) is 0 Å². The Kier molecular flexibility index (Phi) is 11.7. The third-order valence-corrected chi connectivity index (χ3v) is 8.68. The number of halogens is 5. The molecule has 1 N–H and O–H groups in total. The van der Waals surface area contributed by atoms with Crippen molar-refractivity contribution in [2.24, 2.45) is 0 Å². The van der Waals surface area contributed by atoms with E-state index in [0.717, 1.165) is 34.3 Å². The smallest absolute Gasteiger partial charge is 0.453 e. The summed E-state index contributed by atoms with van der Waals surface area (Å²) >= 11 is 0. The Bertz CT molecular complexity index is 1440. The Balaban J connectivity index is 1.58. The molecule has 0 atom stereocenters. The number of hydrogen-bond donors (Lipinski definition) is 1. The summed E-state index contributed by atoms with van der Waals surface area (Å²) in [5.41, 5.74) is 5.19. The van der Waals surface area contributed by atoms with Crippen molar-refractivity contribution >= 4 is 21.0 Å². The van der Waals surface area contributed by atoms with Gasteiger partial charge in [-0.25, -0.2) is 8.42 Å². The van der Waals surface area contributed by atoms with Gasteiger partial charge in [-0.15, -0.1) is 0 Å². The molecular weight excluding hydrogens is 589 g/mol. The van der Waals surface area contributed by atoms with Gasteiger partial charge in [-0.05, 0) is 72.0 Å². The van der Waals surface area contributed by atoms with Gasteiger partial charge in [0.2, 0.25) is 0 Å². The summed E-state index contributed by atoms with van der Waals surface area (Å²) in [6.45, 7) is 2.80. The third-order valence-electron chi connectivity index (χ3n) is 6.96. The number of nitrogens with zero attached hydrogens (tertiary/aromatic N) is 1. The number of allylic oxidation sites excluding steroid dienone is 1. The molecule has 0 aliphatic heterocycles. The average Bonchev–Trinajstić information content (AvgIpc) is 2.96. The normalized spacial score (nSPS) is 13.2. The first kappa shape index (κ1) is 34.1. The van der Waals surface area contributed by atoms with Crippen molar-refractivity contribution in [2.45, 2.75) is 38.3 Å². The van der Waals surface area contributed by atoms with Crippen LogP contribution in [0.25, 0.3) is 11.1 Å². The van der Waals surface area contributed by atoms with Crippen molar-refractivity contribution in [3.8, 4) is 11.5 Å². The van der Waals surface area contributed by atoms with Crippen LogP contribution in [0.15, 0.2) is 78.9 Å². The molecule has 3 aromatic carbocycles. The molecule has 0 aliphatic carbocycles. The molecule has 0 fully saturated rings. The van der Waals surface area contributed by atoms with E-state index in [1.54, 1.807) is 24.1 Å². The summed E-state index contributed by atoms with van der Waals surface area (Å²) in [6.07, 6.45) is -7.24. The quantitative estimate of drug-likeness (QED) is 0.140. The van der Waals surface area contributed by atoms with Crippen molar-refractivity contribution in [1.29, 1.82) is 0 Å². The summed E-state index contributed by atoms with van der Waals surface area (Å²) < 4.78 is 93.0. The second-order valence-corrected chi connectivity index (χ2v) is 12.6. The SMILES string of the molecule is CC/C(=C(/c1ccc(O)cc1)c1ccc(OCCN(C)CCS(=O)(=O)CCCC(F)(F)C(F)(F)F)cc1)c1ccccc1. The minimum atomic E-state index is -5.69. The van der Waals surface area contributed by atoms with Crippen molar-refractivity contribution in [3.63, 3.8) is 0 Å². The maximum atomic E-state index is 13.0. The summed E-state index contributed by atoms with van der Waals surface area (Å²) in [5.74, 6) is -5.21. The minimum Gasteiger partial charge on any atom is -0.508 e. The fourth-order valence-corrected chi connectivity index (χ4v) is 5.89. The van der Waals surface area contributed by atoms with Gasteiger partial charge in [-0.3, -0.25) is 0 Å². The van der Waals surface area contributed by atoms with Gasteiger partial charge < -0.3 is 14.7 Å². The van der Waals surface area contributed by atoms with E-state index in [9.17, 15) is 35.5 Å². The molecule has 0 aliphatic rings. The number of phenolic OH excluding ortho intramolecular Hbond substituents is 1. The fourth-order valence-electron chi connectivity index (χ4n) is 4.51. The molecule has 0 amide bonds. The van der Waals surface area contributed by atoms with Crippen LogP contribution in [0.2, 0.25) is 0 Å². The maximum Gasteiger partial charge on any atom is 0.453 e. The Morgan fingerprint density at radius 3 is 1.95 bits per heavy atom. The number of ether oxygens (including phenoxy) is 1. The molecule has 3 rings (SSSR count). The van der Waals surface area contributed by atoms with Crippen LogP contribution < -0.4 is 4.74 Å². The van der Waals surface area contributed by atoms with Gasteiger partial charge in [0.1, 0.15) is 18.1 Å². The van der Waals surface area contributed by atoms with Crippen LogP contribution in [-0.4, -0.2) is 68.8 Å². The molecule has 0 unspecified atom stereocenters. The Hall–Kier alpha value is -3.44. The molecule has 11 heteroatoms. The zero-order valence-electron chi connectivity index (χ0n) is 24.1. The third kappa shape index (κ3) is 10.1. The number of benzene rings is 3. The number of alkyl halides is 5. The van der Waals surface area contributed by atoms with Crippen LogP contribution in [-0.2, 0) is 9.84 Å². The highest BCUT2D eigenvalue weighted by atomic mass is 32.2. The average molecular weight is 626 g/mol. The number of phenols is 1. The number of sulfone groups is 1. The first-order chi connectivity index (χ1) is 20.2. The highest BCUT2D eigenvalue weighted by Crippen LogP contribution is 2.39. The second-order valence-electron chi connectivity index (χ2n) is 10.3. The summed E-state index contributed by atoms with van der Waals surface area (Å²) in [6, 6.07) is 24.7. The lowest BCUT2D eigenvalue weighted by Gasteiger charge is -2.20. The predicted octanol–water partition coefficient (Wildman–Crippen LogP) is 7.46.